The molecule has 1 saturated heterocycles. The number of ether oxygens (including phenoxy) is 2. The summed E-state index contributed by atoms with van der Waals surface area (Å²) >= 11 is 0. The van der Waals surface area contributed by atoms with Crippen LogP contribution in [0.5, 0.6) is 5.88 Å². The predicted octanol–water partition coefficient (Wildman–Crippen LogP) is 4.17. The number of carbonyl (C=O) groups excluding carboxylic acids is 1. The minimum atomic E-state index is -2.73. The van der Waals surface area contributed by atoms with Crippen LogP contribution in [-0.4, -0.2) is 44.5 Å². The van der Waals surface area contributed by atoms with Gasteiger partial charge in [-0.15, -0.1) is 0 Å². The predicted molar refractivity (Wildman–Crippen MR) is 109 cm³/mol. The van der Waals surface area contributed by atoms with Crippen LogP contribution in [0.25, 0.3) is 5.65 Å². The van der Waals surface area contributed by atoms with Gasteiger partial charge in [-0.1, -0.05) is 6.07 Å². The summed E-state index contributed by atoms with van der Waals surface area (Å²) in [7, 11) is 1.49. The number of Topliss-reactive ketones (excluding diaryl/α,β-unsaturated/α-hetero) is 1. The van der Waals surface area contributed by atoms with Crippen molar-refractivity contribution in [3.05, 3.63) is 53.4 Å². The first-order valence-corrected chi connectivity index (χ1v) is 10.1. The van der Waals surface area contributed by atoms with Gasteiger partial charge in [0, 0.05) is 24.9 Å². The maximum Gasteiger partial charge on any atom is 0.280 e. The Morgan fingerprint density at radius 1 is 1.29 bits per heavy atom. The van der Waals surface area contributed by atoms with Gasteiger partial charge < -0.3 is 13.9 Å². The summed E-state index contributed by atoms with van der Waals surface area (Å²) in [6, 6.07) is 4.02. The molecule has 1 aliphatic rings. The second kappa shape index (κ2) is 8.30. The molecule has 0 radical (unpaired) electrons. The van der Waals surface area contributed by atoms with E-state index in [1.165, 1.54) is 25.3 Å². The van der Waals surface area contributed by atoms with E-state index in [9.17, 15) is 13.6 Å². The molecule has 4 rings (SSSR count). The number of pyridine rings is 1. The molecule has 164 valence electrons. The molecule has 0 N–H and O–H groups in total. The molecule has 3 aromatic rings. The Morgan fingerprint density at radius 2 is 2.10 bits per heavy atom. The monoisotopic (exact) mass is 430 g/mol. The van der Waals surface area contributed by atoms with E-state index < -0.39 is 17.9 Å². The third-order valence-electron chi connectivity index (χ3n) is 5.41. The lowest BCUT2D eigenvalue weighted by atomic mass is 9.86. The maximum atomic E-state index is 12.9. The van der Waals surface area contributed by atoms with E-state index in [-0.39, 0.29) is 23.6 Å². The largest absolute Gasteiger partial charge is 0.478 e. The molecule has 4 heterocycles. The van der Waals surface area contributed by atoms with Crippen molar-refractivity contribution in [2.45, 2.75) is 51.1 Å². The van der Waals surface area contributed by atoms with Gasteiger partial charge in [-0.2, -0.15) is 0 Å². The van der Waals surface area contributed by atoms with Gasteiger partial charge in [-0.3, -0.25) is 4.79 Å². The van der Waals surface area contributed by atoms with Gasteiger partial charge >= 0.3 is 0 Å². The lowest BCUT2D eigenvalue weighted by Gasteiger charge is -2.34. The summed E-state index contributed by atoms with van der Waals surface area (Å²) in [6.45, 7) is 4.81. The minimum absolute atomic E-state index is 0.0191. The Balaban J connectivity index is 1.62. The van der Waals surface area contributed by atoms with Crippen LogP contribution in [0.3, 0.4) is 0 Å². The summed E-state index contributed by atoms with van der Waals surface area (Å²) < 4.78 is 38.8. The number of carbonyl (C=O) groups is 1. The van der Waals surface area contributed by atoms with Crippen LogP contribution >= 0.6 is 0 Å². The fraction of sp³-hybridized carbons (Fsp3) is 0.455. The average molecular weight is 430 g/mol. The lowest BCUT2D eigenvalue weighted by Crippen LogP contribution is -2.33. The molecule has 3 aromatic heterocycles. The zero-order valence-electron chi connectivity index (χ0n) is 17.6. The molecule has 0 aromatic carbocycles. The van der Waals surface area contributed by atoms with Gasteiger partial charge in [0.2, 0.25) is 5.65 Å². The minimum Gasteiger partial charge on any atom is -0.478 e. The van der Waals surface area contributed by atoms with Crippen LogP contribution < -0.4 is 4.74 Å². The zero-order valence-corrected chi connectivity index (χ0v) is 17.6. The molecule has 0 saturated carbocycles. The van der Waals surface area contributed by atoms with Gasteiger partial charge in [0.15, 0.2) is 5.78 Å². The molecule has 9 heteroatoms. The van der Waals surface area contributed by atoms with E-state index in [0.29, 0.717) is 23.8 Å². The van der Waals surface area contributed by atoms with Crippen molar-refractivity contribution in [3.63, 3.8) is 0 Å². The van der Waals surface area contributed by atoms with Crippen LogP contribution in [0, 0.1) is 0 Å². The number of nitrogens with zero attached hydrogens (tertiary/aromatic N) is 4. The van der Waals surface area contributed by atoms with Gasteiger partial charge in [0.1, 0.15) is 11.4 Å². The molecule has 0 aliphatic carbocycles. The smallest absolute Gasteiger partial charge is 0.280 e. The second-order valence-corrected chi connectivity index (χ2v) is 8.28. The highest BCUT2D eigenvalue weighted by Crippen LogP contribution is 2.35. The first-order chi connectivity index (χ1) is 14.8. The van der Waals surface area contributed by atoms with Crippen LogP contribution in [0.4, 0.5) is 8.78 Å². The molecule has 0 bridgehead atoms. The molecule has 1 aliphatic heterocycles. The van der Waals surface area contributed by atoms with E-state index >= 15 is 0 Å². The van der Waals surface area contributed by atoms with Crippen molar-refractivity contribution in [1.29, 1.82) is 0 Å². The van der Waals surface area contributed by atoms with Crippen molar-refractivity contribution in [3.8, 4) is 5.88 Å². The van der Waals surface area contributed by atoms with Crippen molar-refractivity contribution in [2.24, 2.45) is 0 Å². The Hall–Kier alpha value is -2.94. The van der Waals surface area contributed by atoms with Gasteiger partial charge in [0.25, 0.3) is 12.3 Å². The molecule has 31 heavy (non-hydrogen) atoms. The van der Waals surface area contributed by atoms with Crippen LogP contribution in [0.2, 0.25) is 0 Å². The lowest BCUT2D eigenvalue weighted by molar-refractivity contribution is -0.0597. The highest BCUT2D eigenvalue weighted by molar-refractivity contribution is 5.95. The number of alkyl halides is 2. The van der Waals surface area contributed by atoms with Crippen molar-refractivity contribution in [1.82, 2.24) is 19.4 Å². The highest BCUT2D eigenvalue weighted by Gasteiger charge is 2.31. The Bertz CT molecular complexity index is 1110. The number of ketones is 1. The van der Waals surface area contributed by atoms with E-state index in [4.69, 9.17) is 14.5 Å². The van der Waals surface area contributed by atoms with Crippen molar-refractivity contribution < 1.29 is 23.0 Å². The molecule has 0 amide bonds. The fourth-order valence-corrected chi connectivity index (χ4v) is 3.93. The molecular weight excluding hydrogens is 406 g/mol. The second-order valence-electron chi connectivity index (χ2n) is 8.28. The van der Waals surface area contributed by atoms with E-state index in [1.54, 1.807) is 10.6 Å². The SMILES string of the molecule is COc1nc(CC(=O)c2cccc(C(F)F)n2)cn2cc(C3CCOC(C)(C)C3)nc12. The summed E-state index contributed by atoms with van der Waals surface area (Å²) in [5.74, 6) is 0.153. The van der Waals surface area contributed by atoms with Gasteiger partial charge in [0.05, 0.1) is 30.5 Å². The molecular formula is C22H24F2N4O3. The summed E-state index contributed by atoms with van der Waals surface area (Å²) in [5.41, 5.74) is 1.27. The molecule has 0 spiro atoms. The highest BCUT2D eigenvalue weighted by atomic mass is 19.3. The van der Waals surface area contributed by atoms with E-state index in [1.807, 2.05) is 6.20 Å². The number of methoxy groups -OCH3 is 1. The topological polar surface area (TPSA) is 78.6 Å². The number of hydrogen-bond donors (Lipinski definition) is 0. The van der Waals surface area contributed by atoms with Crippen molar-refractivity contribution in [2.75, 3.05) is 13.7 Å². The number of aromatic nitrogens is 4. The molecule has 1 atom stereocenters. The fourth-order valence-electron chi connectivity index (χ4n) is 3.93. The number of rotatable bonds is 6. The Labute approximate surface area is 178 Å². The van der Waals surface area contributed by atoms with Gasteiger partial charge in [-0.25, -0.2) is 23.7 Å². The van der Waals surface area contributed by atoms with Gasteiger partial charge in [-0.05, 0) is 38.8 Å². The number of hydrogen-bond acceptors (Lipinski definition) is 6. The Kier molecular flexibility index (Phi) is 5.70. The summed E-state index contributed by atoms with van der Waals surface area (Å²) in [5, 5.41) is 0. The molecule has 1 unspecified atom stereocenters. The quantitative estimate of drug-likeness (QED) is 0.546. The first-order valence-electron chi connectivity index (χ1n) is 10.1. The van der Waals surface area contributed by atoms with E-state index in [2.05, 4.69) is 23.8 Å². The average Bonchev–Trinajstić information content (AvgIpc) is 3.16. The summed E-state index contributed by atoms with van der Waals surface area (Å²) in [4.78, 5) is 25.5. The van der Waals surface area contributed by atoms with Crippen LogP contribution in [0.1, 0.15) is 66.6 Å². The first kappa shape index (κ1) is 21.3. The maximum absolute atomic E-state index is 12.9. The molecule has 1 fully saturated rings. The molecule has 7 nitrogen and oxygen atoms in total. The Morgan fingerprint density at radius 3 is 2.81 bits per heavy atom. The third kappa shape index (κ3) is 4.56. The van der Waals surface area contributed by atoms with Crippen molar-refractivity contribution >= 4 is 11.4 Å². The third-order valence-corrected chi connectivity index (χ3v) is 5.41. The summed E-state index contributed by atoms with van der Waals surface area (Å²) in [6.07, 6.45) is 2.54. The van der Waals surface area contributed by atoms with E-state index in [0.717, 1.165) is 18.5 Å². The number of halogens is 2. The standard InChI is InChI=1S/C22H24F2N4O3/c1-22(2)10-13(7-8-31-22)17-12-28-11-14(25-21(30-3)20(28)27-17)9-18(29)15-5-4-6-16(26-15)19(23)24/h4-6,11-13,19H,7-10H2,1-3H3. The van der Waals surface area contributed by atoms with Crippen LogP contribution in [0.15, 0.2) is 30.6 Å². The number of fused-ring (bicyclic) bond motifs is 1. The normalized spacial score (nSPS) is 18.5. The van der Waals surface area contributed by atoms with Crippen LogP contribution in [-0.2, 0) is 11.2 Å². The number of imidazole rings is 1. The zero-order chi connectivity index (χ0) is 22.2.